The molecule has 0 atom stereocenters. The van der Waals surface area contributed by atoms with Crippen LogP contribution in [0.2, 0.25) is 5.02 Å². The van der Waals surface area contributed by atoms with Crippen LogP contribution in [0.5, 0.6) is 5.75 Å². The van der Waals surface area contributed by atoms with Gasteiger partial charge in [0.1, 0.15) is 5.75 Å². The Morgan fingerprint density at radius 3 is 2.32 bits per heavy atom. The van der Waals surface area contributed by atoms with Crippen LogP contribution in [-0.4, -0.2) is 49.0 Å². The van der Waals surface area contributed by atoms with Gasteiger partial charge in [0.2, 0.25) is 11.8 Å². The monoisotopic (exact) mass is 369 g/mol. The number of amides is 2. The first-order chi connectivity index (χ1) is 11.6. The zero-order valence-electron chi connectivity index (χ0n) is 15.8. The van der Waals surface area contributed by atoms with E-state index in [0.29, 0.717) is 23.0 Å². The van der Waals surface area contributed by atoms with E-state index < -0.39 is 0 Å². The first-order valence-corrected chi connectivity index (χ1v) is 8.61. The van der Waals surface area contributed by atoms with Crippen molar-refractivity contribution in [1.82, 2.24) is 10.2 Å². The van der Waals surface area contributed by atoms with Crippen molar-refractivity contribution in [2.75, 3.05) is 32.1 Å². The van der Waals surface area contributed by atoms with Crippen molar-refractivity contribution in [1.29, 1.82) is 0 Å². The molecular formula is C18H28ClN3O3. The van der Waals surface area contributed by atoms with Gasteiger partial charge >= 0.3 is 0 Å². The lowest BCUT2D eigenvalue weighted by Gasteiger charge is -2.24. The molecule has 0 heterocycles. The summed E-state index contributed by atoms with van der Waals surface area (Å²) in [6, 6.07) is 3.43. The van der Waals surface area contributed by atoms with Crippen molar-refractivity contribution < 1.29 is 14.3 Å². The van der Waals surface area contributed by atoms with Crippen LogP contribution in [0.4, 0.5) is 5.69 Å². The average molecular weight is 370 g/mol. The zero-order valence-corrected chi connectivity index (χ0v) is 16.6. The highest BCUT2D eigenvalue weighted by Crippen LogP contribution is 2.30. The number of nitrogens with one attached hydrogen (secondary N) is 2. The molecule has 7 heteroatoms. The summed E-state index contributed by atoms with van der Waals surface area (Å²) in [5.74, 6) is 0.171. The fraction of sp³-hybridized carbons (Fsp3) is 0.556. The Balaban J connectivity index is 2.71. The molecule has 25 heavy (non-hydrogen) atoms. The lowest BCUT2D eigenvalue weighted by molar-refractivity contribution is -0.124. The second-order valence-electron chi connectivity index (χ2n) is 6.95. The SMILES string of the molecule is CCN(CC(=O)Nc1cc(C)c(Cl)cc1OC)CC(=O)NC(C)(C)C. The molecule has 1 rings (SSSR count). The van der Waals surface area contributed by atoms with Crippen LogP contribution >= 0.6 is 11.6 Å². The Bertz CT molecular complexity index is 627. The number of methoxy groups -OCH3 is 1. The van der Waals surface area contributed by atoms with Crippen LogP contribution in [0, 0.1) is 6.92 Å². The summed E-state index contributed by atoms with van der Waals surface area (Å²) >= 11 is 6.07. The number of benzene rings is 1. The van der Waals surface area contributed by atoms with Crippen LogP contribution in [-0.2, 0) is 9.59 Å². The first-order valence-electron chi connectivity index (χ1n) is 8.23. The quantitative estimate of drug-likeness (QED) is 0.775. The van der Waals surface area contributed by atoms with E-state index in [0.717, 1.165) is 5.56 Å². The minimum Gasteiger partial charge on any atom is -0.495 e. The zero-order chi connectivity index (χ0) is 19.2. The normalized spacial score (nSPS) is 11.4. The van der Waals surface area contributed by atoms with Crippen molar-refractivity contribution in [3.8, 4) is 5.75 Å². The highest BCUT2D eigenvalue weighted by atomic mass is 35.5. The summed E-state index contributed by atoms with van der Waals surface area (Å²) < 4.78 is 5.26. The number of hydrogen-bond donors (Lipinski definition) is 2. The van der Waals surface area contributed by atoms with E-state index in [2.05, 4.69) is 10.6 Å². The Kier molecular flexibility index (Phi) is 7.70. The molecule has 0 aromatic heterocycles. The van der Waals surface area contributed by atoms with Gasteiger partial charge in [-0.25, -0.2) is 0 Å². The van der Waals surface area contributed by atoms with E-state index in [1.54, 1.807) is 17.0 Å². The van der Waals surface area contributed by atoms with Crippen LogP contribution in [0.25, 0.3) is 0 Å². The molecule has 0 aliphatic carbocycles. The topological polar surface area (TPSA) is 70.7 Å². The number of hydrogen-bond acceptors (Lipinski definition) is 4. The predicted molar refractivity (Wildman–Crippen MR) is 101 cm³/mol. The van der Waals surface area contributed by atoms with Crippen molar-refractivity contribution in [2.24, 2.45) is 0 Å². The van der Waals surface area contributed by atoms with Crippen molar-refractivity contribution in [3.05, 3.63) is 22.7 Å². The van der Waals surface area contributed by atoms with Gasteiger partial charge in [-0.15, -0.1) is 0 Å². The number of ether oxygens (including phenoxy) is 1. The Morgan fingerprint density at radius 1 is 1.20 bits per heavy atom. The van der Waals surface area contributed by atoms with Gasteiger partial charge in [-0.3, -0.25) is 14.5 Å². The molecule has 0 spiro atoms. The summed E-state index contributed by atoms with van der Waals surface area (Å²) in [5, 5.41) is 6.28. The molecule has 1 aromatic rings. The summed E-state index contributed by atoms with van der Waals surface area (Å²) in [6.45, 7) is 10.4. The third-order valence-corrected chi connectivity index (χ3v) is 3.86. The van der Waals surface area contributed by atoms with Gasteiger partial charge in [0.15, 0.2) is 0 Å². The van der Waals surface area contributed by atoms with Crippen LogP contribution in [0.15, 0.2) is 12.1 Å². The number of nitrogens with zero attached hydrogens (tertiary/aromatic N) is 1. The number of carbonyl (C=O) groups excluding carboxylic acids is 2. The average Bonchev–Trinajstić information content (AvgIpc) is 2.47. The minimum absolute atomic E-state index is 0.109. The van der Waals surface area contributed by atoms with Crippen molar-refractivity contribution in [3.63, 3.8) is 0 Å². The van der Waals surface area contributed by atoms with Gasteiger partial charge in [-0.2, -0.15) is 0 Å². The van der Waals surface area contributed by atoms with Gasteiger partial charge in [-0.05, 0) is 45.9 Å². The minimum atomic E-state index is -0.299. The molecule has 6 nitrogen and oxygen atoms in total. The van der Waals surface area contributed by atoms with Gasteiger partial charge in [-0.1, -0.05) is 18.5 Å². The largest absolute Gasteiger partial charge is 0.495 e. The molecule has 2 N–H and O–H groups in total. The molecule has 0 aliphatic heterocycles. The standard InChI is InChI=1S/C18H28ClN3O3/c1-7-22(11-17(24)21-18(3,4)5)10-16(23)20-14-8-12(2)13(19)9-15(14)25-6/h8-9H,7,10-11H2,1-6H3,(H,20,23)(H,21,24). The lowest BCUT2D eigenvalue weighted by atomic mass is 10.1. The molecule has 0 aliphatic rings. The Morgan fingerprint density at radius 2 is 1.80 bits per heavy atom. The van der Waals surface area contributed by atoms with Gasteiger partial charge < -0.3 is 15.4 Å². The van der Waals surface area contributed by atoms with Crippen LogP contribution < -0.4 is 15.4 Å². The fourth-order valence-electron chi connectivity index (χ4n) is 2.26. The second kappa shape index (κ2) is 9.06. The number of likely N-dealkylation sites (N-methyl/N-ethyl adjacent to an activating group) is 1. The summed E-state index contributed by atoms with van der Waals surface area (Å²) in [7, 11) is 1.52. The highest BCUT2D eigenvalue weighted by Gasteiger charge is 2.18. The molecule has 1 aromatic carbocycles. The predicted octanol–water partition coefficient (Wildman–Crippen LogP) is 2.83. The van der Waals surface area contributed by atoms with Crippen molar-refractivity contribution >= 4 is 29.1 Å². The molecule has 140 valence electrons. The molecule has 0 unspecified atom stereocenters. The summed E-state index contributed by atoms with van der Waals surface area (Å²) in [6.07, 6.45) is 0. The molecule has 0 saturated heterocycles. The maximum absolute atomic E-state index is 12.3. The van der Waals surface area contributed by atoms with Gasteiger partial charge in [0.25, 0.3) is 0 Å². The number of rotatable bonds is 7. The molecule has 0 bridgehead atoms. The number of halogens is 1. The van der Waals surface area contributed by atoms with Crippen LogP contribution in [0.3, 0.4) is 0 Å². The third-order valence-electron chi connectivity index (χ3n) is 3.45. The van der Waals surface area contributed by atoms with E-state index in [-0.39, 0.29) is 30.4 Å². The van der Waals surface area contributed by atoms with E-state index in [1.807, 2.05) is 34.6 Å². The summed E-state index contributed by atoms with van der Waals surface area (Å²) in [5.41, 5.74) is 1.10. The second-order valence-corrected chi connectivity index (χ2v) is 7.36. The smallest absolute Gasteiger partial charge is 0.238 e. The number of carbonyl (C=O) groups is 2. The molecular weight excluding hydrogens is 342 g/mol. The molecule has 0 radical (unpaired) electrons. The van der Waals surface area contributed by atoms with E-state index in [4.69, 9.17) is 16.3 Å². The highest BCUT2D eigenvalue weighted by molar-refractivity contribution is 6.31. The number of anilines is 1. The van der Waals surface area contributed by atoms with E-state index in [1.165, 1.54) is 7.11 Å². The summed E-state index contributed by atoms with van der Waals surface area (Å²) in [4.78, 5) is 26.1. The maximum Gasteiger partial charge on any atom is 0.238 e. The van der Waals surface area contributed by atoms with Crippen molar-refractivity contribution in [2.45, 2.75) is 40.2 Å². The number of aryl methyl sites for hydroxylation is 1. The fourth-order valence-corrected chi connectivity index (χ4v) is 2.42. The Hall–Kier alpha value is -1.79. The Labute approximate surface area is 154 Å². The van der Waals surface area contributed by atoms with Crippen LogP contribution in [0.1, 0.15) is 33.3 Å². The molecule has 0 fully saturated rings. The van der Waals surface area contributed by atoms with E-state index in [9.17, 15) is 9.59 Å². The molecule has 0 saturated carbocycles. The first kappa shape index (κ1) is 21.3. The molecule has 2 amide bonds. The van der Waals surface area contributed by atoms with E-state index >= 15 is 0 Å². The lowest BCUT2D eigenvalue weighted by Crippen LogP contribution is -2.47. The maximum atomic E-state index is 12.3. The van der Waals surface area contributed by atoms with Gasteiger partial charge in [0.05, 0.1) is 25.9 Å². The third kappa shape index (κ3) is 7.32. The van der Waals surface area contributed by atoms with Gasteiger partial charge in [0, 0.05) is 16.6 Å².